The highest BCUT2D eigenvalue weighted by molar-refractivity contribution is 9.11. The molecule has 0 amide bonds. The smallest absolute Gasteiger partial charge is 0.250 e. The zero-order valence-electron chi connectivity index (χ0n) is 9.77. The van der Waals surface area contributed by atoms with Crippen molar-refractivity contribution in [1.82, 2.24) is 4.72 Å². The Hall–Kier alpha value is 0.530. The summed E-state index contributed by atoms with van der Waals surface area (Å²) in [6, 6.07) is 1.40. The molecule has 2 unspecified atom stereocenters. The minimum Gasteiger partial charge on any atom is -0.260 e. The molecule has 0 aliphatic rings. The Morgan fingerprint density at radius 1 is 1.61 bits per heavy atom. The van der Waals surface area contributed by atoms with Gasteiger partial charge in [0.15, 0.2) is 0 Å². The van der Waals surface area contributed by atoms with E-state index in [1.807, 2.05) is 6.92 Å². The third-order valence-electron chi connectivity index (χ3n) is 2.30. The van der Waals surface area contributed by atoms with Crippen LogP contribution in [0, 0.1) is 0 Å². The van der Waals surface area contributed by atoms with Gasteiger partial charge in [-0.15, -0.1) is 11.3 Å². The van der Waals surface area contributed by atoms with Crippen LogP contribution in [0.2, 0.25) is 5.02 Å². The Balaban J connectivity index is 2.63. The van der Waals surface area contributed by atoms with Gasteiger partial charge in [0.25, 0.3) is 0 Å². The molecule has 104 valence electrons. The highest BCUT2D eigenvalue weighted by atomic mass is 79.9. The molecule has 0 radical (unpaired) electrons. The van der Waals surface area contributed by atoms with Crippen LogP contribution in [0.3, 0.4) is 0 Å². The molecule has 0 saturated heterocycles. The molecule has 0 aliphatic carbocycles. The minimum atomic E-state index is -3.53. The van der Waals surface area contributed by atoms with E-state index in [1.54, 1.807) is 6.26 Å². The number of halogens is 2. The molecule has 0 saturated carbocycles. The summed E-state index contributed by atoms with van der Waals surface area (Å²) < 4.78 is 38.1. The second kappa shape index (κ2) is 6.81. The lowest BCUT2D eigenvalue weighted by Gasteiger charge is -2.08. The topological polar surface area (TPSA) is 63.2 Å². The van der Waals surface area contributed by atoms with E-state index in [0.717, 1.165) is 11.3 Å². The van der Waals surface area contributed by atoms with E-state index in [0.29, 0.717) is 15.2 Å². The molecule has 9 heteroatoms. The molecule has 1 N–H and O–H groups in total. The molecular formula is C9H13BrClNO3S3. The van der Waals surface area contributed by atoms with Gasteiger partial charge in [-0.2, -0.15) is 0 Å². The fraction of sp³-hybridized carbons (Fsp3) is 0.556. The second-order valence-electron chi connectivity index (χ2n) is 3.68. The molecule has 0 aromatic carbocycles. The van der Waals surface area contributed by atoms with Gasteiger partial charge in [0.1, 0.15) is 4.21 Å². The average molecular weight is 395 g/mol. The van der Waals surface area contributed by atoms with Crippen molar-refractivity contribution >= 4 is 59.7 Å². The monoisotopic (exact) mass is 393 g/mol. The van der Waals surface area contributed by atoms with Crippen LogP contribution < -0.4 is 4.72 Å². The van der Waals surface area contributed by atoms with Crippen molar-refractivity contribution in [3.8, 4) is 0 Å². The Kier molecular flexibility index (Phi) is 6.27. The van der Waals surface area contributed by atoms with Crippen LogP contribution in [0.15, 0.2) is 14.1 Å². The summed E-state index contributed by atoms with van der Waals surface area (Å²) in [5, 5.41) is 0.342. The van der Waals surface area contributed by atoms with Crippen LogP contribution in [0.25, 0.3) is 0 Å². The highest BCUT2D eigenvalue weighted by Gasteiger charge is 2.19. The third-order valence-corrected chi connectivity index (χ3v) is 8.08. The van der Waals surface area contributed by atoms with Crippen molar-refractivity contribution in [1.29, 1.82) is 0 Å². The van der Waals surface area contributed by atoms with Crippen LogP contribution in [-0.4, -0.2) is 30.7 Å². The van der Waals surface area contributed by atoms with Crippen molar-refractivity contribution < 1.29 is 12.6 Å². The van der Waals surface area contributed by atoms with Gasteiger partial charge >= 0.3 is 0 Å². The first-order valence-corrected chi connectivity index (χ1v) is 10.1. The maximum absolute atomic E-state index is 11.9. The van der Waals surface area contributed by atoms with Gasteiger partial charge in [-0.25, -0.2) is 13.1 Å². The molecule has 1 heterocycles. The largest absolute Gasteiger partial charge is 0.260 e. The number of rotatable bonds is 6. The maximum Gasteiger partial charge on any atom is 0.250 e. The first kappa shape index (κ1) is 16.6. The van der Waals surface area contributed by atoms with E-state index in [-0.39, 0.29) is 16.0 Å². The lowest BCUT2D eigenvalue weighted by molar-refractivity contribution is 0.580. The molecule has 4 nitrogen and oxygen atoms in total. The maximum atomic E-state index is 11.9. The van der Waals surface area contributed by atoms with Gasteiger partial charge in [0, 0.05) is 28.9 Å². The summed E-state index contributed by atoms with van der Waals surface area (Å²) in [6.45, 7) is 2.08. The quantitative estimate of drug-likeness (QED) is 0.806. The minimum absolute atomic E-state index is 0.0358. The summed E-state index contributed by atoms with van der Waals surface area (Å²) >= 11 is 10.0. The van der Waals surface area contributed by atoms with Crippen molar-refractivity contribution in [2.24, 2.45) is 0 Å². The first-order chi connectivity index (χ1) is 8.24. The Morgan fingerprint density at radius 3 is 2.67 bits per heavy atom. The fourth-order valence-corrected chi connectivity index (χ4v) is 5.03. The summed E-state index contributed by atoms with van der Waals surface area (Å²) in [7, 11) is -4.47. The van der Waals surface area contributed by atoms with E-state index in [4.69, 9.17) is 11.6 Å². The molecule has 0 spiro atoms. The number of nitrogens with one attached hydrogen (secondary N) is 1. The van der Waals surface area contributed by atoms with Gasteiger partial charge in [0.2, 0.25) is 10.0 Å². The van der Waals surface area contributed by atoms with Gasteiger partial charge in [-0.1, -0.05) is 18.5 Å². The SMILES string of the molecule is CC(CCNS(=O)(=O)c1cc(Cl)c(Br)s1)S(C)=O. The Labute approximate surface area is 127 Å². The molecule has 2 atom stereocenters. The normalized spacial score (nSPS) is 15.6. The highest BCUT2D eigenvalue weighted by Crippen LogP contribution is 2.34. The molecule has 1 aromatic heterocycles. The summed E-state index contributed by atoms with van der Waals surface area (Å²) in [6.07, 6.45) is 2.14. The van der Waals surface area contributed by atoms with Gasteiger partial charge < -0.3 is 0 Å². The van der Waals surface area contributed by atoms with Crippen LogP contribution in [-0.2, 0) is 20.8 Å². The predicted octanol–water partition coefficient (Wildman–Crippen LogP) is 2.60. The molecular weight excluding hydrogens is 382 g/mol. The second-order valence-corrected chi connectivity index (χ2v) is 10.3. The predicted molar refractivity (Wildman–Crippen MR) is 80.4 cm³/mol. The van der Waals surface area contributed by atoms with E-state index in [9.17, 15) is 12.6 Å². The molecule has 0 fully saturated rings. The summed E-state index contributed by atoms with van der Waals surface area (Å²) in [5.74, 6) is 0. The first-order valence-electron chi connectivity index (χ1n) is 5.00. The van der Waals surface area contributed by atoms with Gasteiger partial charge in [-0.3, -0.25) is 4.21 Å². The average Bonchev–Trinajstić information content (AvgIpc) is 2.59. The van der Waals surface area contributed by atoms with Crippen LogP contribution in [0.4, 0.5) is 0 Å². The van der Waals surface area contributed by atoms with Gasteiger partial charge in [0.05, 0.1) is 8.81 Å². The van der Waals surface area contributed by atoms with E-state index >= 15 is 0 Å². The summed E-state index contributed by atoms with van der Waals surface area (Å²) in [5.41, 5.74) is 0. The van der Waals surface area contributed by atoms with Crippen molar-refractivity contribution in [2.45, 2.75) is 22.8 Å². The lowest BCUT2D eigenvalue weighted by atomic mass is 10.3. The van der Waals surface area contributed by atoms with Crippen molar-refractivity contribution in [3.05, 3.63) is 14.9 Å². The zero-order chi connectivity index (χ0) is 13.9. The summed E-state index contributed by atoms with van der Waals surface area (Å²) in [4.78, 5) is 0. The third kappa shape index (κ3) is 4.57. The van der Waals surface area contributed by atoms with E-state index in [1.165, 1.54) is 6.07 Å². The zero-order valence-corrected chi connectivity index (χ0v) is 14.6. The van der Waals surface area contributed by atoms with Crippen molar-refractivity contribution in [3.63, 3.8) is 0 Å². The number of hydrogen-bond donors (Lipinski definition) is 1. The van der Waals surface area contributed by atoms with Crippen molar-refractivity contribution in [2.75, 3.05) is 12.8 Å². The number of sulfonamides is 1. The fourth-order valence-electron chi connectivity index (χ4n) is 1.09. The van der Waals surface area contributed by atoms with Crippen LogP contribution >= 0.6 is 38.9 Å². The Morgan fingerprint density at radius 2 is 2.22 bits per heavy atom. The number of hydrogen-bond acceptors (Lipinski definition) is 4. The van der Waals surface area contributed by atoms with Gasteiger partial charge in [-0.05, 0) is 28.4 Å². The standard InChI is InChI=1S/C9H13BrClNO3S3/c1-6(17(2)13)3-4-12-18(14,15)8-5-7(11)9(10)16-8/h5-6,12H,3-4H2,1-2H3. The Bertz CT molecular complexity index is 524. The van der Waals surface area contributed by atoms with Crippen LogP contribution in [0.1, 0.15) is 13.3 Å². The molecule has 0 aliphatic heterocycles. The van der Waals surface area contributed by atoms with Crippen LogP contribution in [0.5, 0.6) is 0 Å². The molecule has 18 heavy (non-hydrogen) atoms. The molecule has 1 rings (SSSR count). The number of thiophene rings is 1. The van der Waals surface area contributed by atoms with E-state index < -0.39 is 20.8 Å². The van der Waals surface area contributed by atoms with E-state index in [2.05, 4.69) is 20.7 Å². The lowest BCUT2D eigenvalue weighted by Crippen LogP contribution is -2.27. The molecule has 0 bridgehead atoms. The molecule has 1 aromatic rings.